The van der Waals surface area contributed by atoms with Gasteiger partial charge in [-0.2, -0.15) is 0 Å². The number of hydrogen-bond acceptors (Lipinski definition) is 6. The molecule has 1 aromatic heterocycles. The van der Waals surface area contributed by atoms with Crippen LogP contribution in [0.15, 0.2) is 36.5 Å². The van der Waals surface area contributed by atoms with Crippen molar-refractivity contribution < 1.29 is 9.84 Å². The number of fused-ring (bicyclic) bond motifs is 1. The van der Waals surface area contributed by atoms with Crippen molar-refractivity contribution in [3.63, 3.8) is 0 Å². The normalized spacial score (nSPS) is 21.5. The van der Waals surface area contributed by atoms with E-state index in [1.165, 1.54) is 5.56 Å². The van der Waals surface area contributed by atoms with Crippen LogP contribution in [0.5, 0.6) is 5.75 Å². The van der Waals surface area contributed by atoms with Crippen molar-refractivity contribution in [2.24, 2.45) is 5.73 Å². The molecule has 138 valence electrons. The van der Waals surface area contributed by atoms with E-state index in [1.54, 1.807) is 6.20 Å². The summed E-state index contributed by atoms with van der Waals surface area (Å²) in [7, 11) is 0. The minimum atomic E-state index is -0.720. The quantitative estimate of drug-likeness (QED) is 0.765. The Morgan fingerprint density at radius 1 is 1.27 bits per heavy atom. The number of rotatable bonds is 3. The summed E-state index contributed by atoms with van der Waals surface area (Å²) in [5, 5.41) is 13.4. The van der Waals surface area contributed by atoms with Gasteiger partial charge < -0.3 is 25.8 Å². The van der Waals surface area contributed by atoms with Crippen molar-refractivity contribution >= 4 is 23.1 Å². The molecule has 26 heavy (non-hydrogen) atoms. The highest BCUT2D eigenvalue weighted by Crippen LogP contribution is 2.39. The number of benzene rings is 1. The molecule has 0 spiro atoms. The minimum Gasteiger partial charge on any atom is -0.483 e. The first-order chi connectivity index (χ1) is 12.5. The largest absolute Gasteiger partial charge is 0.483 e. The summed E-state index contributed by atoms with van der Waals surface area (Å²) in [4.78, 5) is 6.54. The summed E-state index contributed by atoms with van der Waals surface area (Å²) in [5.41, 5.74) is 8.68. The monoisotopic (exact) mass is 374 g/mol. The Labute approximate surface area is 157 Å². The molecule has 1 unspecified atom stereocenters. The van der Waals surface area contributed by atoms with Gasteiger partial charge in [-0.1, -0.05) is 23.7 Å². The Balaban J connectivity index is 1.45. The number of ether oxygens (including phenoxy) is 1. The van der Waals surface area contributed by atoms with Crippen molar-refractivity contribution in [1.29, 1.82) is 0 Å². The summed E-state index contributed by atoms with van der Waals surface area (Å²) in [5.74, 6) is 1.30. The second-order valence-corrected chi connectivity index (χ2v) is 7.57. The first-order valence-electron chi connectivity index (χ1n) is 8.87. The van der Waals surface area contributed by atoms with Crippen LogP contribution >= 0.6 is 11.6 Å². The topological polar surface area (TPSA) is 83.6 Å². The zero-order valence-electron chi connectivity index (χ0n) is 14.5. The molecule has 1 atom stereocenters. The molecule has 1 fully saturated rings. The van der Waals surface area contributed by atoms with Crippen LogP contribution in [-0.2, 0) is 6.42 Å². The number of aliphatic hydroxyl groups excluding tert-OH is 1. The number of nitrogens with one attached hydrogen (secondary N) is 1. The second kappa shape index (κ2) is 6.95. The molecule has 0 bridgehead atoms. The van der Waals surface area contributed by atoms with Gasteiger partial charge >= 0.3 is 0 Å². The van der Waals surface area contributed by atoms with Crippen LogP contribution in [0, 0.1) is 0 Å². The molecule has 0 radical (unpaired) electrons. The van der Waals surface area contributed by atoms with Gasteiger partial charge in [0.2, 0.25) is 0 Å². The maximum atomic E-state index is 9.67. The SMILES string of the molecule is NC1(Cc2ccc(Cl)cc2)CCN(c2ccnc3c2OCC(O)N3)CC1. The van der Waals surface area contributed by atoms with E-state index >= 15 is 0 Å². The first kappa shape index (κ1) is 17.4. The molecule has 4 N–H and O–H groups in total. The highest BCUT2D eigenvalue weighted by atomic mass is 35.5. The standard InChI is InChI=1S/C19H23ClN4O2/c20-14-3-1-13(2-4-14)11-19(21)6-9-24(10-7-19)15-5-8-22-18-17(15)26-12-16(25)23-18/h1-5,8,16,25H,6-7,9-12,21H2,(H,22,23). The van der Waals surface area contributed by atoms with E-state index in [2.05, 4.69) is 15.2 Å². The van der Waals surface area contributed by atoms with Crippen LogP contribution in [0.2, 0.25) is 5.02 Å². The van der Waals surface area contributed by atoms with Crippen molar-refractivity contribution in [2.45, 2.75) is 31.0 Å². The Hall–Kier alpha value is -2.02. The van der Waals surface area contributed by atoms with Crippen molar-refractivity contribution in [2.75, 3.05) is 29.9 Å². The highest BCUT2D eigenvalue weighted by Gasteiger charge is 2.33. The van der Waals surface area contributed by atoms with Gasteiger partial charge in [0.25, 0.3) is 0 Å². The zero-order chi connectivity index (χ0) is 18.1. The zero-order valence-corrected chi connectivity index (χ0v) is 15.2. The number of anilines is 2. The van der Waals surface area contributed by atoms with E-state index in [9.17, 15) is 5.11 Å². The summed E-state index contributed by atoms with van der Waals surface area (Å²) in [6, 6.07) is 9.89. The molecule has 4 rings (SSSR count). The molecule has 2 aliphatic heterocycles. The fourth-order valence-electron chi connectivity index (χ4n) is 3.67. The summed E-state index contributed by atoms with van der Waals surface area (Å²) >= 11 is 5.97. The molecule has 6 nitrogen and oxygen atoms in total. The number of aromatic nitrogens is 1. The molecule has 2 aliphatic rings. The van der Waals surface area contributed by atoms with Gasteiger partial charge in [0.1, 0.15) is 6.61 Å². The molecule has 1 saturated heterocycles. The van der Waals surface area contributed by atoms with E-state index in [1.807, 2.05) is 30.3 Å². The van der Waals surface area contributed by atoms with Crippen molar-refractivity contribution in [3.05, 3.63) is 47.1 Å². The molecule has 7 heteroatoms. The van der Waals surface area contributed by atoms with Crippen molar-refractivity contribution in [3.8, 4) is 5.75 Å². The number of nitrogens with two attached hydrogens (primary N) is 1. The van der Waals surface area contributed by atoms with Gasteiger partial charge in [0, 0.05) is 29.8 Å². The van der Waals surface area contributed by atoms with Crippen LogP contribution in [-0.4, -0.2) is 41.6 Å². The summed E-state index contributed by atoms with van der Waals surface area (Å²) < 4.78 is 5.72. The van der Waals surface area contributed by atoms with Crippen molar-refractivity contribution in [1.82, 2.24) is 4.98 Å². The maximum Gasteiger partial charge on any atom is 0.185 e. The Kier molecular flexibility index (Phi) is 4.65. The van der Waals surface area contributed by atoms with E-state index in [0.29, 0.717) is 11.6 Å². The molecule has 2 aromatic rings. The summed E-state index contributed by atoms with van der Waals surface area (Å²) in [6.07, 6.45) is 3.64. The van der Waals surface area contributed by atoms with Gasteiger partial charge in [-0.25, -0.2) is 4.98 Å². The fourth-order valence-corrected chi connectivity index (χ4v) is 3.80. The van der Waals surface area contributed by atoms with Crippen LogP contribution in [0.25, 0.3) is 0 Å². The number of aliphatic hydroxyl groups is 1. The molecular weight excluding hydrogens is 352 g/mol. The number of piperidine rings is 1. The van der Waals surface area contributed by atoms with E-state index in [-0.39, 0.29) is 12.1 Å². The average Bonchev–Trinajstić information content (AvgIpc) is 2.63. The van der Waals surface area contributed by atoms with Crippen LogP contribution in [0.1, 0.15) is 18.4 Å². The lowest BCUT2D eigenvalue weighted by Gasteiger charge is -2.41. The van der Waals surface area contributed by atoms with Gasteiger partial charge in [0.05, 0.1) is 5.69 Å². The second-order valence-electron chi connectivity index (χ2n) is 7.13. The highest BCUT2D eigenvalue weighted by molar-refractivity contribution is 6.30. The molecule has 0 amide bonds. The third kappa shape index (κ3) is 3.58. The molecule has 0 saturated carbocycles. The predicted octanol–water partition coefficient (Wildman–Crippen LogP) is 2.40. The van der Waals surface area contributed by atoms with Crippen LogP contribution < -0.4 is 20.7 Å². The van der Waals surface area contributed by atoms with E-state index in [4.69, 9.17) is 22.1 Å². The maximum absolute atomic E-state index is 9.67. The molecule has 0 aliphatic carbocycles. The lowest BCUT2D eigenvalue weighted by molar-refractivity contribution is 0.118. The lowest BCUT2D eigenvalue weighted by Crippen LogP contribution is -2.52. The number of hydrogen-bond donors (Lipinski definition) is 3. The smallest absolute Gasteiger partial charge is 0.185 e. The van der Waals surface area contributed by atoms with Crippen LogP contribution in [0.4, 0.5) is 11.5 Å². The summed E-state index contributed by atoms with van der Waals surface area (Å²) in [6.45, 7) is 1.93. The predicted molar refractivity (Wildman–Crippen MR) is 103 cm³/mol. The Bertz CT molecular complexity index is 776. The van der Waals surface area contributed by atoms with Crippen LogP contribution in [0.3, 0.4) is 0 Å². The number of nitrogens with zero attached hydrogens (tertiary/aromatic N) is 2. The molecule has 1 aromatic carbocycles. The van der Waals surface area contributed by atoms with E-state index in [0.717, 1.165) is 43.1 Å². The van der Waals surface area contributed by atoms with Gasteiger partial charge in [-0.05, 0) is 43.0 Å². The third-order valence-electron chi connectivity index (χ3n) is 5.14. The minimum absolute atomic E-state index is 0.216. The number of halogens is 1. The first-order valence-corrected chi connectivity index (χ1v) is 9.25. The Morgan fingerprint density at radius 2 is 2.00 bits per heavy atom. The lowest BCUT2D eigenvalue weighted by atomic mass is 9.82. The van der Waals surface area contributed by atoms with E-state index < -0.39 is 6.23 Å². The third-order valence-corrected chi connectivity index (χ3v) is 5.39. The molecule has 3 heterocycles. The fraction of sp³-hybridized carbons (Fsp3) is 0.421. The number of pyridine rings is 1. The Morgan fingerprint density at radius 3 is 2.73 bits per heavy atom. The van der Waals surface area contributed by atoms with Gasteiger partial charge in [0.15, 0.2) is 17.8 Å². The van der Waals surface area contributed by atoms with Gasteiger partial charge in [-0.15, -0.1) is 0 Å². The van der Waals surface area contributed by atoms with Gasteiger partial charge in [-0.3, -0.25) is 0 Å². The average molecular weight is 375 g/mol. The molecular formula is C19H23ClN4O2.